The monoisotopic (exact) mass is 243 g/mol. The predicted octanol–water partition coefficient (Wildman–Crippen LogP) is 1.86. The molecule has 1 aromatic heterocycles. The fourth-order valence-corrected chi connectivity index (χ4v) is 1.64. The van der Waals surface area contributed by atoms with Crippen LogP contribution in [0.25, 0.3) is 0 Å². The van der Waals surface area contributed by atoms with Crippen molar-refractivity contribution in [2.45, 2.75) is 19.4 Å². The third-order valence-electron chi connectivity index (χ3n) is 2.58. The fourth-order valence-electron chi connectivity index (χ4n) is 1.64. The van der Waals surface area contributed by atoms with Crippen molar-refractivity contribution in [3.63, 3.8) is 0 Å². The van der Waals surface area contributed by atoms with Gasteiger partial charge in [-0.05, 0) is 18.6 Å². The summed E-state index contributed by atoms with van der Waals surface area (Å²) in [6, 6.07) is 11.9. The van der Waals surface area contributed by atoms with Crippen molar-refractivity contribution in [1.82, 2.24) is 9.97 Å². The average molecular weight is 243 g/mol. The van der Waals surface area contributed by atoms with Crippen molar-refractivity contribution in [3.05, 3.63) is 54.0 Å². The first-order chi connectivity index (χ1) is 8.78. The van der Waals surface area contributed by atoms with Crippen molar-refractivity contribution in [2.24, 2.45) is 0 Å². The smallest absolute Gasteiger partial charge is 0.135 e. The number of nitrogens with one attached hydrogen (secondary N) is 1. The molecular formula is C14H17N3O. The summed E-state index contributed by atoms with van der Waals surface area (Å²) in [5.74, 6) is 1.52. The number of hydrogen-bond acceptors (Lipinski definition) is 4. The van der Waals surface area contributed by atoms with Crippen LogP contribution in [0.4, 0.5) is 5.82 Å². The zero-order chi connectivity index (χ0) is 12.8. The summed E-state index contributed by atoms with van der Waals surface area (Å²) in [6.07, 6.45) is 2.45. The normalized spacial score (nSPS) is 12.1. The number of nitrogens with zero attached hydrogens (tertiary/aromatic N) is 2. The zero-order valence-electron chi connectivity index (χ0n) is 10.4. The molecule has 0 aliphatic rings. The quantitative estimate of drug-likeness (QED) is 0.841. The summed E-state index contributed by atoms with van der Waals surface area (Å²) >= 11 is 0. The molecule has 2 rings (SSSR count). The maximum Gasteiger partial charge on any atom is 0.135 e. The van der Waals surface area contributed by atoms with E-state index in [9.17, 15) is 0 Å². The van der Waals surface area contributed by atoms with Gasteiger partial charge in [0.15, 0.2) is 0 Å². The molecule has 0 aliphatic heterocycles. The number of benzene rings is 1. The predicted molar refractivity (Wildman–Crippen MR) is 71.5 cm³/mol. The van der Waals surface area contributed by atoms with E-state index in [1.165, 1.54) is 5.56 Å². The molecule has 4 heteroatoms. The van der Waals surface area contributed by atoms with E-state index in [2.05, 4.69) is 27.4 Å². The Kier molecular flexibility index (Phi) is 4.25. The summed E-state index contributed by atoms with van der Waals surface area (Å²) in [5.41, 5.74) is 1.19. The molecular weight excluding hydrogens is 226 g/mol. The van der Waals surface area contributed by atoms with Crippen LogP contribution in [0.1, 0.15) is 18.3 Å². The summed E-state index contributed by atoms with van der Waals surface area (Å²) in [4.78, 5) is 8.68. The minimum absolute atomic E-state index is 0.00975. The third kappa shape index (κ3) is 3.53. The van der Waals surface area contributed by atoms with Gasteiger partial charge in [-0.1, -0.05) is 30.3 Å². The second-order valence-electron chi connectivity index (χ2n) is 4.25. The zero-order valence-corrected chi connectivity index (χ0v) is 10.4. The lowest BCUT2D eigenvalue weighted by atomic mass is 10.1. The maximum atomic E-state index is 8.99. The van der Waals surface area contributed by atoms with Crippen molar-refractivity contribution >= 4 is 5.82 Å². The lowest BCUT2D eigenvalue weighted by Gasteiger charge is -2.11. The molecule has 1 atom stereocenters. The molecule has 0 saturated carbocycles. The second-order valence-corrected chi connectivity index (χ2v) is 4.25. The molecule has 0 fully saturated rings. The molecule has 0 spiro atoms. The van der Waals surface area contributed by atoms with E-state index in [1.54, 1.807) is 12.3 Å². The van der Waals surface area contributed by atoms with Crippen molar-refractivity contribution in [2.75, 3.05) is 11.9 Å². The van der Waals surface area contributed by atoms with E-state index < -0.39 is 0 Å². The van der Waals surface area contributed by atoms with Gasteiger partial charge in [-0.15, -0.1) is 0 Å². The first-order valence-corrected chi connectivity index (χ1v) is 6.01. The van der Waals surface area contributed by atoms with Gasteiger partial charge < -0.3 is 10.4 Å². The molecule has 2 N–H and O–H groups in total. The number of aliphatic hydroxyl groups excluding tert-OH is 1. The topological polar surface area (TPSA) is 58.0 Å². The van der Waals surface area contributed by atoms with Crippen molar-refractivity contribution in [3.8, 4) is 0 Å². The van der Waals surface area contributed by atoms with Crippen LogP contribution >= 0.6 is 0 Å². The van der Waals surface area contributed by atoms with Crippen LogP contribution < -0.4 is 5.32 Å². The Morgan fingerprint density at radius 2 is 2.00 bits per heavy atom. The van der Waals surface area contributed by atoms with Gasteiger partial charge in [-0.2, -0.15) is 0 Å². The SMILES string of the molecule is CC(CO)Nc1ccnc(Cc2ccccc2)n1. The highest BCUT2D eigenvalue weighted by molar-refractivity contribution is 5.34. The van der Waals surface area contributed by atoms with E-state index in [0.717, 1.165) is 11.6 Å². The van der Waals surface area contributed by atoms with Gasteiger partial charge in [0.2, 0.25) is 0 Å². The fraction of sp³-hybridized carbons (Fsp3) is 0.286. The first-order valence-electron chi connectivity index (χ1n) is 6.01. The lowest BCUT2D eigenvalue weighted by molar-refractivity contribution is 0.281. The summed E-state index contributed by atoms with van der Waals surface area (Å²) in [5, 5.41) is 12.1. The van der Waals surface area contributed by atoms with Gasteiger partial charge in [0.1, 0.15) is 11.6 Å². The highest BCUT2D eigenvalue weighted by atomic mass is 16.3. The number of anilines is 1. The van der Waals surface area contributed by atoms with Gasteiger partial charge in [-0.3, -0.25) is 0 Å². The van der Waals surface area contributed by atoms with Gasteiger partial charge in [0, 0.05) is 18.7 Å². The third-order valence-corrected chi connectivity index (χ3v) is 2.58. The Balaban J connectivity index is 2.08. The van der Waals surface area contributed by atoms with Gasteiger partial charge in [0.05, 0.1) is 6.61 Å². The van der Waals surface area contributed by atoms with Crippen LogP contribution in [0.5, 0.6) is 0 Å². The highest BCUT2D eigenvalue weighted by Gasteiger charge is 2.03. The minimum atomic E-state index is -0.00975. The molecule has 0 aliphatic carbocycles. The number of aliphatic hydroxyl groups is 1. The van der Waals surface area contributed by atoms with Crippen LogP contribution in [0.15, 0.2) is 42.6 Å². The number of aromatic nitrogens is 2. The van der Waals surface area contributed by atoms with Gasteiger partial charge in [-0.25, -0.2) is 9.97 Å². The maximum absolute atomic E-state index is 8.99. The Hall–Kier alpha value is -1.94. The molecule has 0 bridgehead atoms. The van der Waals surface area contributed by atoms with Gasteiger partial charge >= 0.3 is 0 Å². The highest BCUT2D eigenvalue weighted by Crippen LogP contribution is 2.08. The molecule has 1 unspecified atom stereocenters. The van der Waals surface area contributed by atoms with E-state index in [0.29, 0.717) is 6.42 Å². The number of rotatable bonds is 5. The number of hydrogen-bond donors (Lipinski definition) is 2. The summed E-state index contributed by atoms with van der Waals surface area (Å²) < 4.78 is 0. The van der Waals surface area contributed by atoms with E-state index in [-0.39, 0.29) is 12.6 Å². The Labute approximate surface area is 107 Å². The molecule has 4 nitrogen and oxygen atoms in total. The largest absolute Gasteiger partial charge is 0.394 e. The van der Waals surface area contributed by atoms with Crippen molar-refractivity contribution in [1.29, 1.82) is 0 Å². The van der Waals surface area contributed by atoms with Crippen LogP contribution in [-0.4, -0.2) is 27.7 Å². The van der Waals surface area contributed by atoms with E-state index in [4.69, 9.17) is 5.11 Å². The second kappa shape index (κ2) is 6.12. The minimum Gasteiger partial charge on any atom is -0.394 e. The first kappa shape index (κ1) is 12.5. The van der Waals surface area contributed by atoms with E-state index in [1.807, 2.05) is 25.1 Å². The van der Waals surface area contributed by atoms with Crippen LogP contribution in [0, 0.1) is 0 Å². The summed E-state index contributed by atoms with van der Waals surface area (Å²) in [7, 11) is 0. The Morgan fingerprint density at radius 3 is 2.72 bits per heavy atom. The molecule has 1 heterocycles. The molecule has 0 saturated heterocycles. The average Bonchev–Trinajstić information content (AvgIpc) is 2.40. The van der Waals surface area contributed by atoms with Crippen molar-refractivity contribution < 1.29 is 5.11 Å². The van der Waals surface area contributed by atoms with Gasteiger partial charge in [0.25, 0.3) is 0 Å². The molecule has 2 aromatic rings. The Bertz CT molecular complexity index is 487. The standard InChI is InChI=1S/C14H17N3O/c1-11(10-18)16-13-7-8-15-14(17-13)9-12-5-3-2-4-6-12/h2-8,11,18H,9-10H2,1H3,(H,15,16,17). The van der Waals surface area contributed by atoms with Crippen LogP contribution in [-0.2, 0) is 6.42 Å². The molecule has 0 radical (unpaired) electrons. The van der Waals surface area contributed by atoms with Crippen LogP contribution in [0.3, 0.4) is 0 Å². The molecule has 18 heavy (non-hydrogen) atoms. The molecule has 94 valence electrons. The molecule has 1 aromatic carbocycles. The van der Waals surface area contributed by atoms with E-state index >= 15 is 0 Å². The Morgan fingerprint density at radius 1 is 1.22 bits per heavy atom. The molecule has 0 amide bonds. The lowest BCUT2D eigenvalue weighted by Crippen LogP contribution is -2.20. The van der Waals surface area contributed by atoms with Crippen LogP contribution in [0.2, 0.25) is 0 Å². The summed E-state index contributed by atoms with van der Waals surface area (Å²) in [6.45, 7) is 1.98.